The minimum Gasteiger partial charge on any atom is -0.382 e. The molecule has 0 amide bonds. The summed E-state index contributed by atoms with van der Waals surface area (Å²) in [5.74, 6) is 5.91. The summed E-state index contributed by atoms with van der Waals surface area (Å²) in [5, 5.41) is 3.69. The summed E-state index contributed by atoms with van der Waals surface area (Å²) in [6.07, 6.45) is 0.850. The molecule has 5 nitrogen and oxygen atoms in total. The number of aryl methyl sites for hydroxylation is 1. The second kappa shape index (κ2) is 8.74. The minimum absolute atomic E-state index is 0.488. The van der Waals surface area contributed by atoms with E-state index >= 15 is 0 Å². The second-order valence-electron chi connectivity index (χ2n) is 4.03. The lowest BCUT2D eigenvalue weighted by Crippen LogP contribution is -2.36. The molecule has 0 radical (unpaired) electrons. The van der Waals surface area contributed by atoms with Crippen LogP contribution >= 0.6 is 11.6 Å². The zero-order valence-electron chi connectivity index (χ0n) is 11.4. The third kappa shape index (κ3) is 5.92. The Hall–Kier alpha value is -1.30. The highest BCUT2D eigenvalue weighted by molar-refractivity contribution is 6.33. The molecule has 0 aromatic heterocycles. The molecule has 0 heterocycles. The van der Waals surface area contributed by atoms with E-state index < -0.39 is 0 Å². The van der Waals surface area contributed by atoms with E-state index in [1.165, 1.54) is 0 Å². The molecule has 0 fully saturated rings. The summed E-state index contributed by atoms with van der Waals surface area (Å²) >= 11 is 6.13. The molecule has 0 atom stereocenters. The quantitative estimate of drug-likeness (QED) is 0.246. The van der Waals surface area contributed by atoms with E-state index in [0.29, 0.717) is 24.1 Å². The lowest BCUT2D eigenvalue weighted by molar-refractivity contribution is 0.146. The van der Waals surface area contributed by atoms with Gasteiger partial charge in [0.1, 0.15) is 0 Å². The highest BCUT2D eigenvalue weighted by Gasteiger charge is 2.02. The van der Waals surface area contributed by atoms with Crippen LogP contribution in [0, 0.1) is 6.92 Å². The van der Waals surface area contributed by atoms with Crippen LogP contribution in [-0.2, 0) is 4.74 Å². The predicted molar refractivity (Wildman–Crippen MR) is 80.5 cm³/mol. The molecule has 0 bridgehead atoms. The molecule has 106 valence electrons. The number of ether oxygens (including phenoxy) is 1. The van der Waals surface area contributed by atoms with Gasteiger partial charge in [0.2, 0.25) is 5.96 Å². The molecule has 0 aliphatic rings. The average molecular weight is 285 g/mol. The van der Waals surface area contributed by atoms with Crippen molar-refractivity contribution in [1.82, 2.24) is 5.43 Å². The van der Waals surface area contributed by atoms with Crippen molar-refractivity contribution in [3.05, 3.63) is 28.8 Å². The number of rotatable bonds is 6. The van der Waals surface area contributed by atoms with Crippen LogP contribution in [0.5, 0.6) is 0 Å². The Morgan fingerprint density at radius 2 is 2.26 bits per heavy atom. The first-order chi connectivity index (χ1) is 9.17. The van der Waals surface area contributed by atoms with Crippen molar-refractivity contribution in [2.45, 2.75) is 20.3 Å². The fourth-order valence-electron chi connectivity index (χ4n) is 1.47. The van der Waals surface area contributed by atoms with Crippen molar-refractivity contribution in [1.29, 1.82) is 0 Å². The van der Waals surface area contributed by atoms with Crippen molar-refractivity contribution in [2.75, 3.05) is 25.1 Å². The number of nitrogens with one attached hydrogen (secondary N) is 2. The molecule has 1 rings (SSSR count). The number of hydrazine groups is 1. The summed E-state index contributed by atoms with van der Waals surface area (Å²) in [6.45, 7) is 6.01. The van der Waals surface area contributed by atoms with E-state index in [-0.39, 0.29) is 0 Å². The second-order valence-corrected chi connectivity index (χ2v) is 4.44. The predicted octanol–water partition coefficient (Wildman–Crippen LogP) is 2.31. The molecule has 19 heavy (non-hydrogen) atoms. The van der Waals surface area contributed by atoms with Crippen molar-refractivity contribution < 1.29 is 4.74 Å². The van der Waals surface area contributed by atoms with Gasteiger partial charge in [-0.15, -0.1) is 0 Å². The Kier molecular flexibility index (Phi) is 7.25. The van der Waals surface area contributed by atoms with E-state index in [9.17, 15) is 0 Å². The van der Waals surface area contributed by atoms with E-state index in [1.54, 1.807) is 0 Å². The molecule has 4 N–H and O–H groups in total. The molecular formula is C13H21ClN4O. The SMILES string of the molecule is CCOCCCN=C(NN)Nc1ccc(C)cc1Cl. The van der Waals surface area contributed by atoms with Crippen LogP contribution in [0.1, 0.15) is 18.9 Å². The number of anilines is 1. The molecule has 0 saturated carbocycles. The monoisotopic (exact) mass is 284 g/mol. The van der Waals surface area contributed by atoms with E-state index in [2.05, 4.69) is 15.7 Å². The summed E-state index contributed by atoms with van der Waals surface area (Å²) < 4.78 is 5.24. The smallest absolute Gasteiger partial charge is 0.210 e. The summed E-state index contributed by atoms with van der Waals surface area (Å²) in [4.78, 5) is 4.30. The Morgan fingerprint density at radius 3 is 2.89 bits per heavy atom. The number of hydrogen-bond acceptors (Lipinski definition) is 3. The largest absolute Gasteiger partial charge is 0.382 e. The van der Waals surface area contributed by atoms with Gasteiger partial charge in [0.15, 0.2) is 0 Å². The van der Waals surface area contributed by atoms with Gasteiger partial charge in [-0.3, -0.25) is 10.4 Å². The normalized spacial score (nSPS) is 11.5. The van der Waals surface area contributed by atoms with Crippen molar-refractivity contribution in [3.8, 4) is 0 Å². The van der Waals surface area contributed by atoms with Crippen molar-refractivity contribution >= 4 is 23.2 Å². The first kappa shape index (κ1) is 15.8. The first-order valence-electron chi connectivity index (χ1n) is 6.29. The summed E-state index contributed by atoms with van der Waals surface area (Å²) in [6, 6.07) is 5.75. The van der Waals surface area contributed by atoms with Gasteiger partial charge < -0.3 is 10.1 Å². The van der Waals surface area contributed by atoms with Crippen LogP contribution in [0.25, 0.3) is 0 Å². The standard InChI is InChI=1S/C13H21ClN4O/c1-3-19-8-4-7-16-13(18-15)17-12-6-5-10(2)9-11(12)14/h5-6,9H,3-4,7-8,15H2,1-2H3,(H2,16,17,18). The van der Waals surface area contributed by atoms with Gasteiger partial charge in [-0.1, -0.05) is 17.7 Å². The third-order valence-corrected chi connectivity index (χ3v) is 2.75. The number of nitrogens with two attached hydrogens (primary N) is 1. The number of hydrogen-bond donors (Lipinski definition) is 3. The average Bonchev–Trinajstić information content (AvgIpc) is 2.39. The number of aliphatic imine (C=N–C) groups is 1. The maximum Gasteiger partial charge on any atom is 0.210 e. The highest BCUT2D eigenvalue weighted by atomic mass is 35.5. The number of guanidine groups is 1. The molecule has 1 aromatic carbocycles. The molecule has 1 aromatic rings. The van der Waals surface area contributed by atoms with E-state index in [1.807, 2.05) is 32.0 Å². The summed E-state index contributed by atoms with van der Waals surface area (Å²) in [5.41, 5.74) is 4.40. The molecule has 0 saturated heterocycles. The van der Waals surface area contributed by atoms with Gasteiger partial charge in [0, 0.05) is 19.8 Å². The molecule has 0 aliphatic heterocycles. The Bertz CT molecular complexity index is 423. The number of benzene rings is 1. The highest BCUT2D eigenvalue weighted by Crippen LogP contribution is 2.22. The fourth-order valence-corrected chi connectivity index (χ4v) is 1.75. The zero-order chi connectivity index (χ0) is 14.1. The topological polar surface area (TPSA) is 71.7 Å². The van der Waals surface area contributed by atoms with E-state index in [0.717, 1.165) is 24.3 Å². The molecule has 0 aliphatic carbocycles. The van der Waals surface area contributed by atoms with Crippen LogP contribution in [0.4, 0.5) is 5.69 Å². The Morgan fingerprint density at radius 1 is 1.47 bits per heavy atom. The van der Waals surface area contributed by atoms with Crippen molar-refractivity contribution in [2.24, 2.45) is 10.8 Å². The van der Waals surface area contributed by atoms with Crippen molar-refractivity contribution in [3.63, 3.8) is 0 Å². The maximum absolute atomic E-state index is 6.13. The molecule has 6 heteroatoms. The van der Waals surface area contributed by atoms with E-state index in [4.69, 9.17) is 22.2 Å². The number of nitrogens with zero attached hydrogens (tertiary/aromatic N) is 1. The van der Waals surface area contributed by atoms with Gasteiger partial charge >= 0.3 is 0 Å². The molecule has 0 unspecified atom stereocenters. The molecule has 0 spiro atoms. The van der Waals surface area contributed by atoms with Crippen LogP contribution in [0.2, 0.25) is 5.02 Å². The van der Waals surface area contributed by atoms with Crippen LogP contribution < -0.4 is 16.6 Å². The minimum atomic E-state index is 0.488. The van der Waals surface area contributed by atoms with Gasteiger partial charge in [-0.25, -0.2) is 5.84 Å². The van der Waals surface area contributed by atoms with Gasteiger partial charge in [-0.05, 0) is 38.0 Å². The van der Waals surface area contributed by atoms with Gasteiger partial charge in [0.25, 0.3) is 0 Å². The fraction of sp³-hybridized carbons (Fsp3) is 0.462. The Balaban J connectivity index is 2.53. The third-order valence-electron chi connectivity index (χ3n) is 2.44. The van der Waals surface area contributed by atoms with Crippen LogP contribution in [0.15, 0.2) is 23.2 Å². The zero-order valence-corrected chi connectivity index (χ0v) is 12.1. The lowest BCUT2D eigenvalue weighted by Gasteiger charge is -2.11. The maximum atomic E-state index is 6.13. The number of halogens is 1. The van der Waals surface area contributed by atoms with Gasteiger partial charge in [0.05, 0.1) is 10.7 Å². The molecular weight excluding hydrogens is 264 g/mol. The van der Waals surface area contributed by atoms with Crippen LogP contribution in [-0.4, -0.2) is 25.7 Å². The summed E-state index contributed by atoms with van der Waals surface area (Å²) in [7, 11) is 0. The Labute approximate surface area is 119 Å². The first-order valence-corrected chi connectivity index (χ1v) is 6.67. The lowest BCUT2D eigenvalue weighted by atomic mass is 10.2. The van der Waals surface area contributed by atoms with Crippen LogP contribution in [0.3, 0.4) is 0 Å². The van der Waals surface area contributed by atoms with Gasteiger partial charge in [-0.2, -0.15) is 0 Å².